The second kappa shape index (κ2) is 11.3. The molecule has 11 rings (SSSR count). The zero-order chi connectivity index (χ0) is 38.1. The third kappa shape index (κ3) is 4.38. The molecule has 9 aromatic rings. The van der Waals surface area contributed by atoms with E-state index in [4.69, 9.17) is 8.83 Å². The summed E-state index contributed by atoms with van der Waals surface area (Å²) in [6, 6.07) is 48.6. The molecular weight excluding hydrogens is 693 g/mol. The Labute approximate surface area is 322 Å². The molecule has 0 spiro atoms. The largest absolute Gasteiger partial charge is 0.456 e. The number of nitrogens with zero attached hydrogens (tertiary/aromatic N) is 2. The smallest absolute Gasteiger partial charge is 0.200 e. The van der Waals surface area contributed by atoms with Gasteiger partial charge in [0.1, 0.15) is 22.3 Å². The molecule has 0 bridgehead atoms. The van der Waals surface area contributed by atoms with Crippen LogP contribution in [0.1, 0.15) is 49.9 Å². The highest BCUT2D eigenvalue weighted by molar-refractivity contribution is 5.98. The number of fused-ring (bicyclic) bond motifs is 8. The van der Waals surface area contributed by atoms with Gasteiger partial charge >= 0.3 is 0 Å². The van der Waals surface area contributed by atoms with E-state index in [1.165, 1.54) is 11.1 Å². The maximum absolute atomic E-state index is 13.6. The lowest BCUT2D eigenvalue weighted by Gasteiger charge is -2.47. The number of anilines is 6. The molecule has 56 heavy (non-hydrogen) atoms. The van der Waals surface area contributed by atoms with Crippen molar-refractivity contribution in [2.75, 3.05) is 9.80 Å². The Morgan fingerprint density at radius 3 is 1.20 bits per heavy atom. The van der Waals surface area contributed by atoms with Crippen LogP contribution in [-0.2, 0) is 10.8 Å². The molecule has 0 amide bonds. The van der Waals surface area contributed by atoms with Crippen molar-refractivity contribution in [2.24, 2.45) is 0 Å². The first-order valence-corrected chi connectivity index (χ1v) is 19.0. The monoisotopic (exact) mass is 728 g/mol. The quantitative estimate of drug-likeness (QED) is 0.165. The number of hydrogen-bond donors (Lipinski definition) is 0. The van der Waals surface area contributed by atoms with Gasteiger partial charge in [-0.2, -0.15) is 0 Å². The lowest BCUT2D eigenvalue weighted by Crippen LogP contribution is -2.35. The Bertz CT molecular complexity index is 3060. The predicted octanol–water partition coefficient (Wildman–Crippen LogP) is 12.4. The van der Waals surface area contributed by atoms with Crippen molar-refractivity contribution in [3.63, 3.8) is 0 Å². The summed E-state index contributed by atoms with van der Waals surface area (Å²) in [5.41, 5.74) is 12.2. The fourth-order valence-corrected chi connectivity index (χ4v) is 9.31. The van der Waals surface area contributed by atoms with Crippen LogP contribution in [0.25, 0.3) is 43.9 Å². The molecule has 2 aromatic heterocycles. The van der Waals surface area contributed by atoms with Gasteiger partial charge in [0.05, 0.1) is 44.3 Å². The highest BCUT2D eigenvalue weighted by Crippen LogP contribution is 2.58. The fourth-order valence-electron chi connectivity index (χ4n) is 9.31. The van der Waals surface area contributed by atoms with Crippen LogP contribution in [-0.4, -0.2) is 0 Å². The maximum atomic E-state index is 13.6. The summed E-state index contributed by atoms with van der Waals surface area (Å²) in [6.07, 6.45) is 0. The van der Waals surface area contributed by atoms with Gasteiger partial charge in [0.25, 0.3) is 0 Å². The highest BCUT2D eigenvalue weighted by atomic mass is 16.3. The van der Waals surface area contributed by atoms with Crippen LogP contribution >= 0.6 is 0 Å². The molecule has 2 aliphatic heterocycles. The average molecular weight is 729 g/mol. The van der Waals surface area contributed by atoms with Gasteiger partial charge in [-0.1, -0.05) is 88.4 Å². The first kappa shape index (κ1) is 32.5. The van der Waals surface area contributed by atoms with E-state index in [1.807, 2.05) is 84.9 Å². The van der Waals surface area contributed by atoms with E-state index in [0.717, 1.165) is 45.3 Å². The SMILES string of the molecule is CC1(C)c2ccccc2N(c2ccc3c(=O)c4ccccc4oc3c2)c2cc3c(cc21)N(c1ccc2c(=O)c4ccccc4oc2c1)c1ccccc1C3(C)C. The molecule has 0 saturated carbocycles. The Morgan fingerprint density at radius 2 is 0.750 bits per heavy atom. The Kier molecular flexibility index (Phi) is 6.56. The van der Waals surface area contributed by atoms with Crippen LogP contribution < -0.4 is 20.7 Å². The van der Waals surface area contributed by atoms with Crippen molar-refractivity contribution in [3.05, 3.63) is 188 Å². The molecule has 0 radical (unpaired) electrons. The molecule has 7 aromatic carbocycles. The summed E-state index contributed by atoms with van der Waals surface area (Å²) in [6.45, 7) is 9.17. The van der Waals surface area contributed by atoms with E-state index in [9.17, 15) is 9.59 Å². The van der Waals surface area contributed by atoms with Crippen molar-refractivity contribution in [1.29, 1.82) is 0 Å². The summed E-state index contributed by atoms with van der Waals surface area (Å²) in [5, 5.41) is 2.25. The first-order valence-electron chi connectivity index (χ1n) is 19.0. The molecule has 4 heterocycles. The molecule has 6 nitrogen and oxygen atoms in total. The third-order valence-electron chi connectivity index (χ3n) is 12.2. The van der Waals surface area contributed by atoms with Crippen molar-refractivity contribution < 1.29 is 8.83 Å². The fraction of sp³-hybridized carbons (Fsp3) is 0.120. The van der Waals surface area contributed by atoms with Gasteiger partial charge in [-0.3, -0.25) is 9.59 Å². The summed E-state index contributed by atoms with van der Waals surface area (Å²) >= 11 is 0. The maximum Gasteiger partial charge on any atom is 0.200 e. The molecule has 0 atom stereocenters. The van der Waals surface area contributed by atoms with Gasteiger partial charge in [-0.25, -0.2) is 0 Å². The minimum absolute atomic E-state index is 0.0373. The topological polar surface area (TPSA) is 66.9 Å². The number of para-hydroxylation sites is 4. The van der Waals surface area contributed by atoms with Crippen LogP contribution in [0, 0.1) is 0 Å². The second-order valence-electron chi connectivity index (χ2n) is 16.1. The molecule has 270 valence electrons. The van der Waals surface area contributed by atoms with Crippen LogP contribution in [0.5, 0.6) is 0 Å². The summed E-state index contributed by atoms with van der Waals surface area (Å²) in [4.78, 5) is 31.8. The molecule has 0 saturated heterocycles. The molecule has 0 N–H and O–H groups in total. The lowest BCUT2D eigenvalue weighted by atomic mass is 9.69. The minimum Gasteiger partial charge on any atom is -0.456 e. The molecule has 0 fully saturated rings. The number of benzene rings is 7. The molecular formula is C50H36N2O4. The van der Waals surface area contributed by atoms with E-state index < -0.39 is 0 Å². The average Bonchev–Trinajstić information content (AvgIpc) is 3.21. The standard InChI is InChI=1S/C50H36N2O4/c1-49(2)35-15-7-9-17-39(35)51(29-21-23-33-45(25-29)55-43-19-11-5-13-31(43)47(33)53)41-28-38-42(27-37(41)49)52(40-18-10-8-16-36(40)50(38,3)4)30-22-24-34-46(26-30)56-44-20-12-6-14-32(44)48(34)54/h5-28H,1-4H3. The van der Waals surface area contributed by atoms with Crippen LogP contribution in [0.4, 0.5) is 34.1 Å². The Hall–Kier alpha value is -6.92. The van der Waals surface area contributed by atoms with Crippen LogP contribution in [0.2, 0.25) is 0 Å². The van der Waals surface area contributed by atoms with Gasteiger partial charge < -0.3 is 18.6 Å². The van der Waals surface area contributed by atoms with Gasteiger partial charge in [0, 0.05) is 34.3 Å². The van der Waals surface area contributed by atoms with Crippen molar-refractivity contribution in [2.45, 2.75) is 38.5 Å². The summed E-state index contributed by atoms with van der Waals surface area (Å²) < 4.78 is 12.8. The van der Waals surface area contributed by atoms with E-state index in [0.29, 0.717) is 43.9 Å². The zero-order valence-electron chi connectivity index (χ0n) is 31.4. The second-order valence-corrected chi connectivity index (χ2v) is 16.1. The van der Waals surface area contributed by atoms with E-state index in [-0.39, 0.29) is 21.7 Å². The number of rotatable bonds is 2. The number of hydrogen-bond acceptors (Lipinski definition) is 6. The molecule has 2 aliphatic rings. The van der Waals surface area contributed by atoms with Gasteiger partial charge in [0.15, 0.2) is 0 Å². The van der Waals surface area contributed by atoms with Gasteiger partial charge in [0.2, 0.25) is 10.9 Å². The Balaban J connectivity index is 1.18. The van der Waals surface area contributed by atoms with E-state index >= 15 is 0 Å². The summed E-state index contributed by atoms with van der Waals surface area (Å²) in [7, 11) is 0. The summed E-state index contributed by atoms with van der Waals surface area (Å²) in [5.74, 6) is 0. The zero-order valence-corrected chi connectivity index (χ0v) is 31.4. The molecule has 0 unspecified atom stereocenters. The van der Waals surface area contributed by atoms with E-state index in [1.54, 1.807) is 0 Å². The van der Waals surface area contributed by atoms with Crippen molar-refractivity contribution >= 4 is 78.0 Å². The van der Waals surface area contributed by atoms with Gasteiger partial charge in [-0.05, 0) is 95.1 Å². The van der Waals surface area contributed by atoms with E-state index in [2.05, 4.69) is 98.2 Å². The third-order valence-corrected chi connectivity index (χ3v) is 12.2. The van der Waals surface area contributed by atoms with Crippen molar-refractivity contribution in [3.8, 4) is 0 Å². The molecule has 6 heteroatoms. The molecule has 0 aliphatic carbocycles. The predicted molar refractivity (Wildman–Crippen MR) is 227 cm³/mol. The van der Waals surface area contributed by atoms with Gasteiger partial charge in [-0.15, -0.1) is 0 Å². The normalized spacial score (nSPS) is 15.1. The Morgan fingerprint density at radius 1 is 0.375 bits per heavy atom. The minimum atomic E-state index is -0.376. The van der Waals surface area contributed by atoms with Crippen molar-refractivity contribution in [1.82, 2.24) is 0 Å². The lowest BCUT2D eigenvalue weighted by molar-refractivity contribution is 0.615. The highest BCUT2D eigenvalue weighted by Gasteiger charge is 2.43. The van der Waals surface area contributed by atoms with Crippen LogP contribution in [0.3, 0.4) is 0 Å². The first-order chi connectivity index (χ1) is 27.1. The van der Waals surface area contributed by atoms with Crippen LogP contribution in [0.15, 0.2) is 164 Å².